The molecule has 0 aromatic heterocycles. The number of anilines is 2. The van der Waals surface area contributed by atoms with Gasteiger partial charge in [0.2, 0.25) is 11.8 Å². The minimum Gasteiger partial charge on any atom is -0.326 e. The maximum atomic E-state index is 12.1. The number of fused-ring (bicyclic) bond motifs is 1. The van der Waals surface area contributed by atoms with Gasteiger partial charge in [0, 0.05) is 18.5 Å². The molecule has 106 valence electrons. The topological polar surface area (TPSA) is 58.2 Å². The molecule has 5 heteroatoms. The van der Waals surface area contributed by atoms with Gasteiger partial charge < -0.3 is 10.6 Å². The lowest BCUT2D eigenvalue weighted by atomic mass is 10.0. The van der Waals surface area contributed by atoms with Crippen molar-refractivity contribution in [2.45, 2.75) is 26.2 Å². The van der Waals surface area contributed by atoms with Gasteiger partial charge in [-0.25, -0.2) is 0 Å². The van der Waals surface area contributed by atoms with Crippen LogP contribution in [-0.4, -0.2) is 11.8 Å². The van der Waals surface area contributed by atoms with E-state index in [1.54, 1.807) is 18.2 Å². The predicted molar refractivity (Wildman–Crippen MR) is 78.7 cm³/mol. The van der Waals surface area contributed by atoms with E-state index < -0.39 is 0 Å². The molecule has 2 N–H and O–H groups in total. The molecule has 0 saturated heterocycles. The van der Waals surface area contributed by atoms with Crippen LogP contribution in [0.3, 0.4) is 0 Å². The first-order valence-corrected chi connectivity index (χ1v) is 7.28. The van der Waals surface area contributed by atoms with Crippen LogP contribution in [0.2, 0.25) is 5.02 Å². The lowest BCUT2D eigenvalue weighted by Gasteiger charge is -2.13. The average Bonchev–Trinajstić information content (AvgIpc) is 2.99. The van der Waals surface area contributed by atoms with Crippen LogP contribution in [0.1, 0.15) is 26.2 Å². The zero-order chi connectivity index (χ0) is 14.3. The summed E-state index contributed by atoms with van der Waals surface area (Å²) in [6.45, 7) is 1.43. The molecular formula is C15H17ClN2O2. The highest BCUT2D eigenvalue weighted by atomic mass is 35.5. The van der Waals surface area contributed by atoms with E-state index >= 15 is 0 Å². The fourth-order valence-corrected chi connectivity index (χ4v) is 3.28. The fraction of sp³-hybridized carbons (Fsp3) is 0.467. The van der Waals surface area contributed by atoms with Crippen molar-refractivity contribution in [3.8, 4) is 0 Å². The van der Waals surface area contributed by atoms with E-state index in [9.17, 15) is 9.59 Å². The highest BCUT2D eigenvalue weighted by Crippen LogP contribution is 2.54. The van der Waals surface area contributed by atoms with E-state index in [-0.39, 0.29) is 17.7 Å². The number of rotatable bonds is 3. The Balaban J connectivity index is 1.63. The highest BCUT2D eigenvalue weighted by molar-refractivity contribution is 6.34. The Morgan fingerprint density at radius 1 is 1.15 bits per heavy atom. The Labute approximate surface area is 122 Å². The number of nitrogens with one attached hydrogen (secondary N) is 2. The van der Waals surface area contributed by atoms with E-state index in [1.165, 1.54) is 13.3 Å². The Hall–Kier alpha value is -1.55. The molecule has 4 nitrogen and oxygen atoms in total. The van der Waals surface area contributed by atoms with Gasteiger partial charge in [-0.1, -0.05) is 11.6 Å². The van der Waals surface area contributed by atoms with E-state index in [1.807, 2.05) is 0 Å². The lowest BCUT2D eigenvalue weighted by Crippen LogP contribution is -2.21. The summed E-state index contributed by atoms with van der Waals surface area (Å²) < 4.78 is 0. The molecule has 2 fully saturated rings. The summed E-state index contributed by atoms with van der Waals surface area (Å²) >= 11 is 6.08. The maximum Gasteiger partial charge on any atom is 0.227 e. The van der Waals surface area contributed by atoms with Gasteiger partial charge in [-0.15, -0.1) is 0 Å². The van der Waals surface area contributed by atoms with Crippen LogP contribution < -0.4 is 10.6 Å². The maximum absolute atomic E-state index is 12.1. The van der Waals surface area contributed by atoms with Crippen molar-refractivity contribution in [3.63, 3.8) is 0 Å². The normalized spacial score (nSPS) is 26.8. The summed E-state index contributed by atoms with van der Waals surface area (Å²) in [5.41, 5.74) is 1.23. The largest absolute Gasteiger partial charge is 0.326 e. The van der Waals surface area contributed by atoms with Crippen LogP contribution in [0.4, 0.5) is 11.4 Å². The lowest BCUT2D eigenvalue weighted by molar-refractivity contribution is -0.120. The summed E-state index contributed by atoms with van der Waals surface area (Å²) in [5.74, 6) is 1.63. The van der Waals surface area contributed by atoms with Gasteiger partial charge in [-0.05, 0) is 49.3 Å². The SMILES string of the molecule is CC(=O)Nc1ccc(NC(=O)C2CC3CC3C2)cc1Cl. The minimum atomic E-state index is -0.172. The molecule has 2 atom stereocenters. The molecule has 20 heavy (non-hydrogen) atoms. The minimum absolute atomic E-state index is 0.0838. The van der Waals surface area contributed by atoms with Gasteiger partial charge in [-0.3, -0.25) is 9.59 Å². The zero-order valence-electron chi connectivity index (χ0n) is 11.3. The van der Waals surface area contributed by atoms with E-state index in [2.05, 4.69) is 10.6 Å². The van der Waals surface area contributed by atoms with Crippen molar-refractivity contribution < 1.29 is 9.59 Å². The molecule has 3 rings (SSSR count). The zero-order valence-corrected chi connectivity index (χ0v) is 12.0. The molecule has 2 saturated carbocycles. The quantitative estimate of drug-likeness (QED) is 0.898. The molecule has 0 aliphatic heterocycles. The number of carbonyl (C=O) groups excluding carboxylic acids is 2. The predicted octanol–water partition coefficient (Wildman–Crippen LogP) is 3.28. The first-order chi connectivity index (χ1) is 9.52. The van der Waals surface area contributed by atoms with Crippen LogP contribution in [0.15, 0.2) is 18.2 Å². The van der Waals surface area contributed by atoms with Crippen LogP contribution in [-0.2, 0) is 9.59 Å². The number of amides is 2. The Bertz CT molecular complexity index is 563. The molecule has 2 unspecified atom stereocenters. The van der Waals surface area contributed by atoms with Crippen molar-refractivity contribution in [3.05, 3.63) is 23.2 Å². The number of hydrogen-bond acceptors (Lipinski definition) is 2. The average molecular weight is 293 g/mol. The number of halogens is 1. The summed E-state index contributed by atoms with van der Waals surface area (Å²) in [7, 11) is 0. The Morgan fingerprint density at radius 3 is 2.45 bits per heavy atom. The molecule has 2 aliphatic rings. The molecule has 1 aromatic carbocycles. The molecule has 0 heterocycles. The summed E-state index contributed by atoms with van der Waals surface area (Å²) in [6, 6.07) is 5.12. The highest BCUT2D eigenvalue weighted by Gasteiger charge is 2.47. The monoisotopic (exact) mass is 292 g/mol. The summed E-state index contributed by atoms with van der Waals surface area (Å²) in [4.78, 5) is 23.1. The van der Waals surface area contributed by atoms with Gasteiger partial charge in [0.1, 0.15) is 0 Å². The standard InChI is InChI=1S/C15H17ClN2O2/c1-8(19)17-14-3-2-12(7-13(14)16)18-15(20)11-5-9-4-10(9)6-11/h2-3,7,9-11H,4-6H2,1H3,(H,17,19)(H,18,20). The van der Waals surface area contributed by atoms with Gasteiger partial charge in [0.25, 0.3) is 0 Å². The van der Waals surface area contributed by atoms with Gasteiger partial charge in [0.05, 0.1) is 10.7 Å². The third kappa shape index (κ3) is 2.80. The second-order valence-electron chi connectivity index (χ2n) is 5.79. The second kappa shape index (κ2) is 5.09. The first kappa shape index (κ1) is 13.4. The van der Waals surface area contributed by atoms with E-state index in [4.69, 9.17) is 11.6 Å². The number of carbonyl (C=O) groups is 2. The summed E-state index contributed by atoms with van der Waals surface area (Å²) in [5, 5.41) is 5.97. The number of benzene rings is 1. The van der Waals surface area contributed by atoms with Crippen molar-refractivity contribution in [1.82, 2.24) is 0 Å². The molecular weight excluding hydrogens is 276 g/mol. The van der Waals surface area contributed by atoms with Crippen molar-refractivity contribution in [2.24, 2.45) is 17.8 Å². The third-order valence-electron chi connectivity index (χ3n) is 4.16. The molecule has 0 radical (unpaired) electrons. The van der Waals surface area contributed by atoms with Crippen LogP contribution >= 0.6 is 11.6 Å². The van der Waals surface area contributed by atoms with Crippen molar-refractivity contribution >= 4 is 34.8 Å². The molecule has 1 aromatic rings. The van der Waals surface area contributed by atoms with E-state index in [0.717, 1.165) is 24.7 Å². The van der Waals surface area contributed by atoms with Crippen LogP contribution in [0.5, 0.6) is 0 Å². The third-order valence-corrected chi connectivity index (χ3v) is 4.47. The van der Waals surface area contributed by atoms with Gasteiger partial charge in [-0.2, -0.15) is 0 Å². The fourth-order valence-electron chi connectivity index (χ4n) is 3.06. The second-order valence-corrected chi connectivity index (χ2v) is 6.20. The van der Waals surface area contributed by atoms with E-state index in [0.29, 0.717) is 16.4 Å². The number of hydrogen-bond donors (Lipinski definition) is 2. The van der Waals surface area contributed by atoms with Crippen LogP contribution in [0, 0.1) is 17.8 Å². The Morgan fingerprint density at radius 2 is 1.85 bits per heavy atom. The van der Waals surface area contributed by atoms with Gasteiger partial charge in [0.15, 0.2) is 0 Å². The van der Waals surface area contributed by atoms with Gasteiger partial charge >= 0.3 is 0 Å². The first-order valence-electron chi connectivity index (χ1n) is 6.91. The van der Waals surface area contributed by atoms with Crippen molar-refractivity contribution in [2.75, 3.05) is 10.6 Å². The molecule has 0 bridgehead atoms. The molecule has 0 spiro atoms. The van der Waals surface area contributed by atoms with Crippen LogP contribution in [0.25, 0.3) is 0 Å². The smallest absolute Gasteiger partial charge is 0.227 e. The van der Waals surface area contributed by atoms with Crippen molar-refractivity contribution in [1.29, 1.82) is 0 Å². The molecule has 2 aliphatic carbocycles. The Kier molecular flexibility index (Phi) is 3.42. The molecule has 2 amide bonds. The summed E-state index contributed by atoms with van der Waals surface area (Å²) in [6.07, 6.45) is 3.35.